The summed E-state index contributed by atoms with van der Waals surface area (Å²) in [4.78, 5) is 27.5. The van der Waals surface area contributed by atoms with Crippen LogP contribution in [0.1, 0.15) is 72.3 Å². The third kappa shape index (κ3) is 3.54. The van der Waals surface area contributed by atoms with Gasteiger partial charge in [-0.15, -0.1) is 0 Å². The molecule has 3 rings (SSSR count). The van der Waals surface area contributed by atoms with E-state index in [1.165, 1.54) is 0 Å². The van der Waals surface area contributed by atoms with E-state index in [0.29, 0.717) is 12.1 Å². The molecule has 0 aliphatic heterocycles. The molecule has 1 aromatic carbocycles. The molecular weight excluding hydrogens is 338 g/mol. The van der Waals surface area contributed by atoms with Gasteiger partial charge < -0.3 is 15.3 Å². The Bertz CT molecular complexity index is 1070. The van der Waals surface area contributed by atoms with Gasteiger partial charge in [0.15, 0.2) is 0 Å². The second-order valence-corrected chi connectivity index (χ2v) is 7.83. The lowest BCUT2D eigenvalue weighted by Gasteiger charge is -2.15. The highest BCUT2D eigenvalue weighted by Crippen LogP contribution is 2.27. The van der Waals surface area contributed by atoms with E-state index in [1.807, 2.05) is 35.9 Å². The van der Waals surface area contributed by atoms with Gasteiger partial charge in [0, 0.05) is 33.9 Å². The third-order valence-corrected chi connectivity index (χ3v) is 5.10. The van der Waals surface area contributed by atoms with Crippen LogP contribution in [0, 0.1) is 6.92 Å². The Morgan fingerprint density at radius 2 is 1.85 bits per heavy atom. The van der Waals surface area contributed by atoms with Gasteiger partial charge in [-0.05, 0) is 54.2 Å². The van der Waals surface area contributed by atoms with E-state index in [9.17, 15) is 9.59 Å². The van der Waals surface area contributed by atoms with Gasteiger partial charge in [-0.25, -0.2) is 0 Å². The van der Waals surface area contributed by atoms with Crippen molar-refractivity contribution in [2.45, 2.75) is 53.0 Å². The van der Waals surface area contributed by atoms with Crippen LogP contribution in [-0.4, -0.2) is 15.5 Å². The summed E-state index contributed by atoms with van der Waals surface area (Å²) in [6.45, 7) is 10.7. The van der Waals surface area contributed by atoms with Crippen LogP contribution < -0.4 is 11.3 Å². The van der Waals surface area contributed by atoms with Crippen LogP contribution in [-0.2, 0) is 6.54 Å². The Morgan fingerprint density at radius 1 is 1.15 bits per heavy atom. The number of nitrogens with two attached hydrogens (primary N) is 1. The summed E-state index contributed by atoms with van der Waals surface area (Å²) in [5.41, 5.74) is 10.7. The van der Waals surface area contributed by atoms with Gasteiger partial charge in [-0.1, -0.05) is 27.7 Å². The molecule has 0 aliphatic rings. The number of pyridine rings is 1. The first-order valence-electron chi connectivity index (χ1n) is 9.34. The zero-order chi connectivity index (χ0) is 19.9. The van der Waals surface area contributed by atoms with E-state index in [0.717, 1.165) is 33.3 Å². The number of H-pyrrole nitrogens is 1. The summed E-state index contributed by atoms with van der Waals surface area (Å²) in [5, 5.41) is 0.821. The molecule has 0 saturated heterocycles. The van der Waals surface area contributed by atoms with Gasteiger partial charge in [0.25, 0.3) is 5.56 Å². The van der Waals surface area contributed by atoms with Gasteiger partial charge >= 0.3 is 0 Å². The Kier molecular flexibility index (Phi) is 4.96. The maximum Gasteiger partial charge on any atom is 0.253 e. The fraction of sp³-hybridized carbons (Fsp3) is 0.364. The smallest absolute Gasteiger partial charge is 0.253 e. The molecule has 5 heteroatoms. The number of aryl methyl sites for hydroxylation is 1. The number of primary amides is 1. The van der Waals surface area contributed by atoms with Crippen molar-refractivity contribution in [2.24, 2.45) is 5.73 Å². The minimum atomic E-state index is -0.434. The van der Waals surface area contributed by atoms with Gasteiger partial charge in [-0.2, -0.15) is 0 Å². The number of carbonyl (C=O) groups is 1. The summed E-state index contributed by atoms with van der Waals surface area (Å²) in [6, 6.07) is 7.90. The van der Waals surface area contributed by atoms with Crippen LogP contribution in [0.4, 0.5) is 0 Å². The average molecular weight is 365 g/mol. The van der Waals surface area contributed by atoms with Crippen LogP contribution in [0.3, 0.4) is 0 Å². The number of benzene rings is 1. The second kappa shape index (κ2) is 7.06. The molecule has 0 atom stereocenters. The number of aromatic amines is 1. The average Bonchev–Trinajstić information content (AvgIpc) is 2.98. The molecule has 0 saturated carbocycles. The number of aromatic nitrogens is 2. The molecular formula is C22H27N3O2. The number of amides is 1. The fourth-order valence-electron chi connectivity index (χ4n) is 3.58. The molecule has 0 spiro atoms. The van der Waals surface area contributed by atoms with E-state index in [1.54, 1.807) is 0 Å². The number of hydrogen-bond acceptors (Lipinski definition) is 2. The molecule has 0 unspecified atom stereocenters. The zero-order valence-electron chi connectivity index (χ0n) is 16.6. The van der Waals surface area contributed by atoms with Crippen LogP contribution in [0.2, 0.25) is 0 Å². The standard InChI is InChI=1S/C22H27N3O2/c1-12(2)15-9-18(21(23)26)16-6-7-25(20(16)10-15)11-19-17(13(3)4)8-14(5)24-22(19)27/h6-10,12-13H,11H2,1-5H3,(H2,23,26)(H,24,27). The van der Waals surface area contributed by atoms with Gasteiger partial charge in [-0.3, -0.25) is 9.59 Å². The molecule has 142 valence electrons. The molecule has 1 amide bonds. The van der Waals surface area contributed by atoms with E-state index < -0.39 is 5.91 Å². The van der Waals surface area contributed by atoms with Crippen LogP contribution in [0.25, 0.3) is 10.9 Å². The number of nitrogens with zero attached hydrogens (tertiary/aromatic N) is 1. The van der Waals surface area contributed by atoms with E-state index in [4.69, 9.17) is 5.73 Å². The predicted octanol–water partition coefficient (Wildman–Crippen LogP) is 4.03. The summed E-state index contributed by atoms with van der Waals surface area (Å²) < 4.78 is 2.03. The summed E-state index contributed by atoms with van der Waals surface area (Å²) in [7, 11) is 0. The molecule has 0 bridgehead atoms. The van der Waals surface area contributed by atoms with Gasteiger partial charge in [0.1, 0.15) is 0 Å². The molecule has 5 nitrogen and oxygen atoms in total. The molecule has 0 fully saturated rings. The van der Waals surface area contributed by atoms with E-state index >= 15 is 0 Å². The fourth-order valence-corrected chi connectivity index (χ4v) is 3.58. The minimum absolute atomic E-state index is 0.0595. The molecule has 0 radical (unpaired) electrons. The summed E-state index contributed by atoms with van der Waals surface area (Å²) in [5.74, 6) is 0.0800. The maximum absolute atomic E-state index is 12.6. The van der Waals surface area contributed by atoms with Crippen LogP contribution >= 0.6 is 0 Å². The highest BCUT2D eigenvalue weighted by Gasteiger charge is 2.17. The van der Waals surface area contributed by atoms with E-state index in [-0.39, 0.29) is 17.4 Å². The topological polar surface area (TPSA) is 80.9 Å². The Labute approximate surface area is 159 Å². The SMILES string of the molecule is Cc1cc(C(C)C)c(Cn2ccc3c(C(N)=O)cc(C(C)C)cc32)c(=O)[nH]1. The highest BCUT2D eigenvalue weighted by molar-refractivity contribution is 6.06. The molecule has 27 heavy (non-hydrogen) atoms. The second-order valence-electron chi connectivity index (χ2n) is 7.83. The third-order valence-electron chi connectivity index (χ3n) is 5.10. The van der Waals surface area contributed by atoms with Crippen molar-refractivity contribution in [3.63, 3.8) is 0 Å². The molecule has 3 aromatic rings. The lowest BCUT2D eigenvalue weighted by molar-refractivity contribution is 0.100. The highest BCUT2D eigenvalue weighted by atomic mass is 16.1. The number of rotatable bonds is 5. The maximum atomic E-state index is 12.6. The first-order chi connectivity index (χ1) is 12.7. The minimum Gasteiger partial charge on any atom is -0.366 e. The normalized spacial score (nSPS) is 11.7. The number of hydrogen-bond donors (Lipinski definition) is 2. The van der Waals surface area contributed by atoms with Crippen LogP contribution in [0.5, 0.6) is 0 Å². The van der Waals surface area contributed by atoms with Crippen molar-refractivity contribution in [3.8, 4) is 0 Å². The lowest BCUT2D eigenvalue weighted by Crippen LogP contribution is -2.20. The molecule has 2 heterocycles. The van der Waals surface area contributed by atoms with Crippen molar-refractivity contribution in [3.05, 3.63) is 68.8 Å². The predicted molar refractivity (Wildman–Crippen MR) is 110 cm³/mol. The van der Waals surface area contributed by atoms with Crippen molar-refractivity contribution in [1.29, 1.82) is 0 Å². The van der Waals surface area contributed by atoms with Gasteiger partial charge in [0.2, 0.25) is 5.91 Å². The number of carbonyl (C=O) groups excluding carboxylic acids is 1. The zero-order valence-corrected chi connectivity index (χ0v) is 16.6. The van der Waals surface area contributed by atoms with Crippen molar-refractivity contribution >= 4 is 16.8 Å². The largest absolute Gasteiger partial charge is 0.366 e. The monoisotopic (exact) mass is 365 g/mol. The van der Waals surface area contributed by atoms with Gasteiger partial charge in [0.05, 0.1) is 6.54 Å². The van der Waals surface area contributed by atoms with Crippen LogP contribution in [0.15, 0.2) is 35.3 Å². The van der Waals surface area contributed by atoms with E-state index in [2.05, 4.69) is 38.7 Å². The first-order valence-corrected chi connectivity index (χ1v) is 9.34. The quantitative estimate of drug-likeness (QED) is 0.716. The summed E-state index contributed by atoms with van der Waals surface area (Å²) >= 11 is 0. The molecule has 2 aromatic heterocycles. The lowest BCUT2D eigenvalue weighted by atomic mass is 9.97. The Morgan fingerprint density at radius 3 is 2.44 bits per heavy atom. The summed E-state index contributed by atoms with van der Waals surface area (Å²) in [6.07, 6.45) is 1.92. The van der Waals surface area contributed by atoms with Crippen molar-refractivity contribution in [1.82, 2.24) is 9.55 Å². The Balaban J connectivity index is 2.20. The Hall–Kier alpha value is -2.82. The molecule has 0 aliphatic carbocycles. The number of nitrogens with one attached hydrogen (secondary N) is 1. The number of fused-ring (bicyclic) bond motifs is 1. The first kappa shape index (κ1) is 19.0. The van der Waals surface area contributed by atoms with Crippen molar-refractivity contribution < 1.29 is 4.79 Å². The molecule has 3 N–H and O–H groups in total. The van der Waals surface area contributed by atoms with Crippen molar-refractivity contribution in [2.75, 3.05) is 0 Å².